The van der Waals surface area contributed by atoms with Gasteiger partial charge in [0.15, 0.2) is 0 Å². The number of ether oxygens (including phenoxy) is 1. The van der Waals surface area contributed by atoms with Crippen molar-refractivity contribution in [1.29, 1.82) is 0 Å². The molecule has 2 amide bonds. The van der Waals surface area contributed by atoms with Crippen LogP contribution in [0.1, 0.15) is 12.5 Å². The first kappa shape index (κ1) is 21.2. The summed E-state index contributed by atoms with van der Waals surface area (Å²) < 4.78 is 18.6. The van der Waals surface area contributed by atoms with Crippen molar-refractivity contribution in [3.05, 3.63) is 72.2 Å². The molecule has 0 saturated carbocycles. The van der Waals surface area contributed by atoms with E-state index in [1.165, 1.54) is 29.2 Å². The van der Waals surface area contributed by atoms with E-state index < -0.39 is 11.8 Å². The highest BCUT2D eigenvalue weighted by molar-refractivity contribution is 6.06. The molecule has 7 nitrogen and oxygen atoms in total. The molecule has 0 saturated heterocycles. The second-order valence-corrected chi connectivity index (χ2v) is 6.85. The van der Waals surface area contributed by atoms with Gasteiger partial charge in [0.2, 0.25) is 5.95 Å². The minimum absolute atomic E-state index is 0.0223. The summed E-state index contributed by atoms with van der Waals surface area (Å²) in [6, 6.07) is 14.2. The third-order valence-electron chi connectivity index (χ3n) is 4.25. The Morgan fingerprint density at radius 3 is 2.50 bits per heavy atom. The van der Waals surface area contributed by atoms with Crippen LogP contribution in [0, 0.1) is 12.7 Å². The van der Waals surface area contributed by atoms with Crippen LogP contribution in [0.4, 0.5) is 32.3 Å². The average Bonchev–Trinajstić information content (AvgIpc) is 2.72. The summed E-state index contributed by atoms with van der Waals surface area (Å²) in [5, 5.41) is 5.98. The van der Waals surface area contributed by atoms with E-state index >= 15 is 0 Å². The first-order valence-electron chi connectivity index (χ1n) is 9.48. The number of methoxy groups -OCH3 is 1. The lowest BCUT2D eigenvalue weighted by Gasteiger charge is -2.23. The zero-order valence-corrected chi connectivity index (χ0v) is 17.1. The van der Waals surface area contributed by atoms with Crippen LogP contribution < -0.4 is 15.5 Å². The normalized spacial score (nSPS) is 11.6. The second kappa shape index (κ2) is 9.80. The summed E-state index contributed by atoms with van der Waals surface area (Å²) in [6.45, 7) is 4.38. The molecular formula is C22H24FN5O2. The van der Waals surface area contributed by atoms with Crippen molar-refractivity contribution >= 4 is 29.2 Å². The fourth-order valence-corrected chi connectivity index (χ4v) is 2.82. The maximum atomic E-state index is 13.5. The summed E-state index contributed by atoms with van der Waals surface area (Å²) in [6.07, 6.45) is 1.56. The molecule has 1 aromatic heterocycles. The summed E-state index contributed by atoms with van der Waals surface area (Å²) in [7, 11) is 1.61. The Morgan fingerprint density at radius 1 is 1.13 bits per heavy atom. The lowest BCUT2D eigenvalue weighted by Crippen LogP contribution is -2.32. The molecule has 8 heteroatoms. The number of halogens is 1. The number of anilines is 4. The van der Waals surface area contributed by atoms with Gasteiger partial charge < -0.3 is 15.4 Å². The van der Waals surface area contributed by atoms with Gasteiger partial charge in [-0.25, -0.2) is 19.1 Å². The zero-order chi connectivity index (χ0) is 21.5. The van der Waals surface area contributed by atoms with Crippen LogP contribution >= 0.6 is 0 Å². The van der Waals surface area contributed by atoms with Crippen molar-refractivity contribution in [2.75, 3.05) is 29.3 Å². The third-order valence-corrected chi connectivity index (χ3v) is 4.25. The van der Waals surface area contributed by atoms with Crippen LogP contribution in [-0.4, -0.2) is 35.8 Å². The number of carbonyl (C=O) groups excluding carboxylic acids is 1. The molecule has 156 valence electrons. The van der Waals surface area contributed by atoms with Gasteiger partial charge in [0.1, 0.15) is 11.6 Å². The van der Waals surface area contributed by atoms with E-state index in [0.717, 1.165) is 5.56 Å². The van der Waals surface area contributed by atoms with Crippen molar-refractivity contribution < 1.29 is 13.9 Å². The van der Waals surface area contributed by atoms with E-state index in [0.29, 0.717) is 29.7 Å². The molecule has 0 aliphatic heterocycles. The molecule has 0 spiro atoms. The molecule has 0 aliphatic rings. The largest absolute Gasteiger partial charge is 0.383 e. The highest BCUT2D eigenvalue weighted by Crippen LogP contribution is 2.26. The van der Waals surface area contributed by atoms with E-state index in [9.17, 15) is 9.18 Å². The van der Waals surface area contributed by atoms with Crippen molar-refractivity contribution in [1.82, 2.24) is 9.97 Å². The van der Waals surface area contributed by atoms with E-state index in [1.807, 2.05) is 38.1 Å². The van der Waals surface area contributed by atoms with Crippen LogP contribution in [0.15, 0.2) is 60.8 Å². The zero-order valence-electron chi connectivity index (χ0n) is 17.1. The van der Waals surface area contributed by atoms with Gasteiger partial charge in [0, 0.05) is 31.1 Å². The fourth-order valence-electron chi connectivity index (χ4n) is 2.82. The Hall–Kier alpha value is -3.52. The highest BCUT2D eigenvalue weighted by Gasteiger charge is 2.21. The quantitative estimate of drug-likeness (QED) is 0.589. The maximum absolute atomic E-state index is 13.5. The average molecular weight is 409 g/mol. The third kappa shape index (κ3) is 5.51. The van der Waals surface area contributed by atoms with Gasteiger partial charge in [-0.3, -0.25) is 0 Å². The number of hydrogen-bond donors (Lipinski definition) is 2. The summed E-state index contributed by atoms with van der Waals surface area (Å²) in [4.78, 5) is 23.2. The van der Waals surface area contributed by atoms with Gasteiger partial charge in [-0.15, -0.1) is 0 Å². The van der Waals surface area contributed by atoms with E-state index in [4.69, 9.17) is 4.74 Å². The fraction of sp³-hybridized carbons (Fsp3) is 0.227. The summed E-state index contributed by atoms with van der Waals surface area (Å²) in [5.74, 6) is 0.303. The first-order chi connectivity index (χ1) is 14.5. The number of aryl methyl sites for hydroxylation is 1. The van der Waals surface area contributed by atoms with Crippen molar-refractivity contribution in [2.45, 2.75) is 19.9 Å². The molecule has 3 rings (SSSR count). The predicted octanol–water partition coefficient (Wildman–Crippen LogP) is 4.74. The van der Waals surface area contributed by atoms with Crippen LogP contribution in [-0.2, 0) is 4.74 Å². The Kier molecular flexibility index (Phi) is 6.92. The number of amides is 2. The topological polar surface area (TPSA) is 79.4 Å². The van der Waals surface area contributed by atoms with E-state index in [2.05, 4.69) is 20.6 Å². The number of carbonyl (C=O) groups is 1. The number of aromatic nitrogens is 2. The molecule has 1 heterocycles. The molecule has 2 aromatic carbocycles. The van der Waals surface area contributed by atoms with E-state index in [-0.39, 0.29) is 6.04 Å². The lowest BCUT2D eigenvalue weighted by atomic mass is 10.2. The monoisotopic (exact) mass is 409 g/mol. The highest BCUT2D eigenvalue weighted by atomic mass is 19.1. The Morgan fingerprint density at radius 2 is 1.83 bits per heavy atom. The van der Waals surface area contributed by atoms with Crippen molar-refractivity contribution in [3.63, 3.8) is 0 Å². The SMILES string of the molecule is COCC(C)Nc1nccc(N(C(=O)Nc2ccc(C)cc2)c2ccc(F)cc2)n1. The molecule has 0 bridgehead atoms. The van der Waals surface area contributed by atoms with Gasteiger partial charge in [0.25, 0.3) is 0 Å². The molecule has 1 atom stereocenters. The Balaban J connectivity index is 1.92. The predicted molar refractivity (Wildman–Crippen MR) is 116 cm³/mol. The number of urea groups is 1. The van der Waals surface area contributed by atoms with Gasteiger partial charge in [-0.1, -0.05) is 17.7 Å². The number of benzene rings is 2. The van der Waals surface area contributed by atoms with Crippen LogP contribution in [0.3, 0.4) is 0 Å². The number of hydrogen-bond acceptors (Lipinski definition) is 5. The molecule has 2 N–H and O–H groups in total. The maximum Gasteiger partial charge on any atom is 0.332 e. The Bertz CT molecular complexity index is 980. The second-order valence-electron chi connectivity index (χ2n) is 6.85. The van der Waals surface area contributed by atoms with Gasteiger partial charge in [-0.2, -0.15) is 4.98 Å². The van der Waals surface area contributed by atoms with Crippen LogP contribution in [0.2, 0.25) is 0 Å². The van der Waals surface area contributed by atoms with Crippen molar-refractivity contribution in [3.8, 4) is 0 Å². The van der Waals surface area contributed by atoms with Gasteiger partial charge in [0.05, 0.1) is 12.3 Å². The lowest BCUT2D eigenvalue weighted by molar-refractivity contribution is 0.190. The molecule has 0 aliphatic carbocycles. The van der Waals surface area contributed by atoms with E-state index in [1.54, 1.807) is 19.4 Å². The standard InChI is InChI=1S/C22H24FN5O2/c1-15-4-8-18(9-5-15)26-22(29)28(19-10-6-17(23)7-11-19)20-12-13-24-21(27-20)25-16(2)14-30-3/h4-13,16H,14H2,1-3H3,(H,26,29)(H,24,25,27). The number of nitrogens with one attached hydrogen (secondary N) is 2. The molecule has 30 heavy (non-hydrogen) atoms. The Labute approximate surface area is 174 Å². The summed E-state index contributed by atoms with van der Waals surface area (Å²) >= 11 is 0. The number of rotatable bonds is 7. The molecule has 0 radical (unpaired) electrons. The van der Waals surface area contributed by atoms with Crippen LogP contribution in [0.5, 0.6) is 0 Å². The smallest absolute Gasteiger partial charge is 0.332 e. The van der Waals surface area contributed by atoms with Crippen molar-refractivity contribution in [2.24, 2.45) is 0 Å². The molecule has 1 unspecified atom stereocenters. The first-order valence-corrected chi connectivity index (χ1v) is 9.48. The molecule has 0 fully saturated rings. The summed E-state index contributed by atoms with van der Waals surface area (Å²) in [5.41, 5.74) is 2.19. The minimum atomic E-state index is -0.431. The van der Waals surface area contributed by atoms with Gasteiger partial charge >= 0.3 is 6.03 Å². The van der Waals surface area contributed by atoms with Crippen LogP contribution in [0.25, 0.3) is 0 Å². The molecular weight excluding hydrogens is 385 g/mol. The number of nitrogens with zero attached hydrogens (tertiary/aromatic N) is 3. The minimum Gasteiger partial charge on any atom is -0.383 e. The van der Waals surface area contributed by atoms with Gasteiger partial charge in [-0.05, 0) is 50.2 Å². The molecule has 3 aromatic rings.